The zero-order valence-electron chi connectivity index (χ0n) is 15.4. The van der Waals surface area contributed by atoms with E-state index >= 15 is 0 Å². The molecular weight excluding hydrogens is 360 g/mol. The Labute approximate surface area is 160 Å². The first-order chi connectivity index (χ1) is 13.4. The van der Waals surface area contributed by atoms with Gasteiger partial charge in [0.1, 0.15) is 17.1 Å². The number of rotatable bonds is 5. The maximum atomic E-state index is 13.0. The molecule has 0 saturated carbocycles. The van der Waals surface area contributed by atoms with Crippen molar-refractivity contribution in [3.8, 4) is 5.75 Å². The van der Waals surface area contributed by atoms with Crippen LogP contribution in [0.4, 0.5) is 4.79 Å². The number of hydrogen-bond donors (Lipinski definition) is 1. The molecule has 2 aromatic carbocycles. The van der Waals surface area contributed by atoms with E-state index in [2.05, 4.69) is 5.32 Å². The highest BCUT2D eigenvalue weighted by Gasteiger charge is 2.51. The first kappa shape index (κ1) is 17.8. The van der Waals surface area contributed by atoms with E-state index in [4.69, 9.17) is 9.15 Å². The van der Waals surface area contributed by atoms with Gasteiger partial charge in [-0.2, -0.15) is 0 Å². The predicted molar refractivity (Wildman–Crippen MR) is 101 cm³/mol. The van der Waals surface area contributed by atoms with E-state index < -0.39 is 23.3 Å². The van der Waals surface area contributed by atoms with Gasteiger partial charge in [-0.15, -0.1) is 0 Å². The molecule has 3 amide bonds. The second-order valence-corrected chi connectivity index (χ2v) is 6.72. The number of urea groups is 1. The fourth-order valence-electron chi connectivity index (χ4n) is 3.34. The van der Waals surface area contributed by atoms with Crippen molar-refractivity contribution in [2.75, 3.05) is 13.7 Å². The molecular formula is C21H18N2O5. The number of para-hydroxylation sites is 2. The number of ether oxygens (including phenoxy) is 1. The predicted octanol–water partition coefficient (Wildman–Crippen LogP) is 3.09. The highest BCUT2D eigenvalue weighted by Crippen LogP contribution is 2.33. The van der Waals surface area contributed by atoms with Crippen molar-refractivity contribution in [1.82, 2.24) is 10.2 Å². The highest BCUT2D eigenvalue weighted by molar-refractivity contribution is 6.11. The molecule has 1 aliphatic heterocycles. The molecule has 1 atom stereocenters. The lowest BCUT2D eigenvalue weighted by Crippen LogP contribution is -2.41. The van der Waals surface area contributed by atoms with Gasteiger partial charge in [-0.05, 0) is 31.2 Å². The van der Waals surface area contributed by atoms with Crippen molar-refractivity contribution >= 4 is 28.7 Å². The molecule has 1 aliphatic rings. The number of carbonyl (C=O) groups is 3. The van der Waals surface area contributed by atoms with Crippen molar-refractivity contribution in [3.05, 3.63) is 65.9 Å². The summed E-state index contributed by atoms with van der Waals surface area (Å²) in [6.07, 6.45) is 0. The number of imide groups is 1. The Hall–Kier alpha value is -3.61. The summed E-state index contributed by atoms with van der Waals surface area (Å²) in [5.74, 6) is -0.228. The molecule has 0 unspecified atom stereocenters. The van der Waals surface area contributed by atoms with Crippen LogP contribution in [-0.4, -0.2) is 36.3 Å². The van der Waals surface area contributed by atoms with Gasteiger partial charge in [0.25, 0.3) is 5.91 Å². The van der Waals surface area contributed by atoms with Crippen LogP contribution in [0.3, 0.4) is 0 Å². The molecule has 7 nitrogen and oxygen atoms in total. The number of benzene rings is 2. The summed E-state index contributed by atoms with van der Waals surface area (Å²) in [4.78, 5) is 39.1. The average Bonchev–Trinajstić information content (AvgIpc) is 3.24. The molecule has 1 fully saturated rings. The van der Waals surface area contributed by atoms with Crippen LogP contribution < -0.4 is 10.1 Å². The largest absolute Gasteiger partial charge is 0.496 e. The molecule has 0 bridgehead atoms. The number of ketones is 1. The number of furan rings is 1. The Morgan fingerprint density at radius 3 is 2.61 bits per heavy atom. The van der Waals surface area contributed by atoms with Gasteiger partial charge in [-0.3, -0.25) is 14.5 Å². The molecule has 28 heavy (non-hydrogen) atoms. The molecule has 0 aliphatic carbocycles. The lowest BCUT2D eigenvalue weighted by Gasteiger charge is -2.19. The number of methoxy groups -OCH3 is 1. The molecule has 2 heterocycles. The topological polar surface area (TPSA) is 88.8 Å². The number of nitrogens with one attached hydrogen (secondary N) is 1. The van der Waals surface area contributed by atoms with Gasteiger partial charge in [0.2, 0.25) is 0 Å². The zero-order chi connectivity index (χ0) is 19.9. The second-order valence-electron chi connectivity index (χ2n) is 6.72. The fourth-order valence-corrected chi connectivity index (χ4v) is 3.34. The minimum Gasteiger partial charge on any atom is -0.496 e. The quantitative estimate of drug-likeness (QED) is 0.544. The van der Waals surface area contributed by atoms with Gasteiger partial charge < -0.3 is 14.5 Å². The lowest BCUT2D eigenvalue weighted by atomic mass is 9.98. The standard InChI is InChI=1S/C21H18N2O5/c1-21(18-11-13-7-3-5-9-16(13)28-18)19(25)23(20(26)22-21)12-15(24)14-8-4-6-10-17(14)27-2/h3-11H,12H2,1-2H3,(H,22,26)/t21-/m0/s1. The monoisotopic (exact) mass is 378 g/mol. The Kier molecular flexibility index (Phi) is 4.15. The smallest absolute Gasteiger partial charge is 0.325 e. The fraction of sp³-hybridized carbons (Fsp3) is 0.190. The van der Waals surface area contributed by atoms with E-state index in [0.29, 0.717) is 22.7 Å². The van der Waals surface area contributed by atoms with Crippen molar-refractivity contribution in [3.63, 3.8) is 0 Å². The van der Waals surface area contributed by atoms with Crippen LogP contribution in [0.1, 0.15) is 23.0 Å². The van der Waals surface area contributed by atoms with E-state index in [1.54, 1.807) is 43.3 Å². The first-order valence-corrected chi connectivity index (χ1v) is 8.73. The summed E-state index contributed by atoms with van der Waals surface area (Å²) < 4.78 is 11.0. The van der Waals surface area contributed by atoms with Crippen LogP contribution in [0, 0.1) is 0 Å². The molecule has 1 aromatic heterocycles. The molecule has 1 N–H and O–H groups in total. The summed E-state index contributed by atoms with van der Waals surface area (Å²) in [6, 6.07) is 15.1. The van der Waals surface area contributed by atoms with E-state index in [1.807, 2.05) is 18.2 Å². The SMILES string of the molecule is COc1ccccc1C(=O)CN1C(=O)N[C@@](C)(c2cc3ccccc3o2)C1=O. The van der Waals surface area contributed by atoms with Crippen LogP contribution in [0.25, 0.3) is 11.0 Å². The van der Waals surface area contributed by atoms with Crippen LogP contribution >= 0.6 is 0 Å². The van der Waals surface area contributed by atoms with E-state index in [0.717, 1.165) is 10.3 Å². The van der Waals surface area contributed by atoms with Crippen molar-refractivity contribution in [1.29, 1.82) is 0 Å². The summed E-state index contributed by atoms with van der Waals surface area (Å²) in [5.41, 5.74) is -0.454. The van der Waals surface area contributed by atoms with Gasteiger partial charge in [-0.1, -0.05) is 30.3 Å². The van der Waals surface area contributed by atoms with Crippen LogP contribution in [-0.2, 0) is 10.3 Å². The average molecular weight is 378 g/mol. The maximum Gasteiger partial charge on any atom is 0.325 e. The Bertz CT molecular complexity index is 1070. The van der Waals surface area contributed by atoms with Gasteiger partial charge in [0.15, 0.2) is 11.3 Å². The van der Waals surface area contributed by atoms with Gasteiger partial charge in [-0.25, -0.2) is 4.79 Å². The summed E-state index contributed by atoms with van der Waals surface area (Å²) in [6.45, 7) is 1.18. The Morgan fingerprint density at radius 1 is 1.14 bits per heavy atom. The number of nitrogens with zero attached hydrogens (tertiary/aromatic N) is 1. The molecule has 142 valence electrons. The molecule has 0 radical (unpaired) electrons. The normalized spacial score (nSPS) is 19.1. The molecule has 7 heteroatoms. The van der Waals surface area contributed by atoms with Gasteiger partial charge in [0.05, 0.1) is 19.2 Å². The number of Topliss-reactive ketones (excluding diaryl/α,β-unsaturated/α-hetero) is 1. The minimum atomic E-state index is -1.38. The summed E-state index contributed by atoms with van der Waals surface area (Å²) in [5, 5.41) is 3.48. The molecule has 1 saturated heterocycles. The third-order valence-electron chi connectivity index (χ3n) is 4.90. The number of fused-ring (bicyclic) bond motifs is 1. The van der Waals surface area contributed by atoms with E-state index in [9.17, 15) is 14.4 Å². The number of carbonyl (C=O) groups excluding carboxylic acids is 3. The molecule has 0 spiro atoms. The third kappa shape index (κ3) is 2.72. The Balaban J connectivity index is 1.62. The van der Waals surface area contributed by atoms with Gasteiger partial charge in [0, 0.05) is 5.39 Å². The van der Waals surface area contributed by atoms with Crippen LogP contribution in [0.2, 0.25) is 0 Å². The highest BCUT2D eigenvalue weighted by atomic mass is 16.5. The summed E-state index contributed by atoms with van der Waals surface area (Å²) in [7, 11) is 1.46. The van der Waals surface area contributed by atoms with Crippen molar-refractivity contribution in [2.45, 2.75) is 12.5 Å². The summed E-state index contributed by atoms with van der Waals surface area (Å²) >= 11 is 0. The van der Waals surface area contributed by atoms with E-state index in [-0.39, 0.29) is 6.54 Å². The van der Waals surface area contributed by atoms with Crippen molar-refractivity contribution in [2.24, 2.45) is 0 Å². The lowest BCUT2D eigenvalue weighted by molar-refractivity contribution is -0.131. The Morgan fingerprint density at radius 2 is 1.86 bits per heavy atom. The second kappa shape index (κ2) is 6.53. The molecule has 4 rings (SSSR count). The van der Waals surface area contributed by atoms with Gasteiger partial charge >= 0.3 is 6.03 Å². The number of hydrogen-bond acceptors (Lipinski definition) is 5. The minimum absolute atomic E-state index is 0.308. The number of amides is 3. The van der Waals surface area contributed by atoms with Crippen LogP contribution in [0.15, 0.2) is 59.0 Å². The zero-order valence-corrected chi connectivity index (χ0v) is 15.4. The van der Waals surface area contributed by atoms with Crippen LogP contribution in [0.5, 0.6) is 5.75 Å². The third-order valence-corrected chi connectivity index (χ3v) is 4.90. The van der Waals surface area contributed by atoms with Crippen molar-refractivity contribution < 1.29 is 23.5 Å². The molecule has 3 aromatic rings. The maximum absolute atomic E-state index is 13.0. The first-order valence-electron chi connectivity index (χ1n) is 8.73. The van der Waals surface area contributed by atoms with E-state index in [1.165, 1.54) is 7.11 Å².